The van der Waals surface area contributed by atoms with Crippen molar-refractivity contribution in [1.82, 2.24) is 4.98 Å². The molecule has 2 atom stereocenters. The van der Waals surface area contributed by atoms with E-state index < -0.39 is 52.8 Å². The van der Waals surface area contributed by atoms with Crippen LogP contribution < -0.4 is 4.74 Å². The number of ether oxygens (including phenoxy) is 1. The Bertz CT molecular complexity index is 1810. The molecule has 0 fully saturated rings. The molecule has 4 nitrogen and oxygen atoms in total. The first-order valence-corrected chi connectivity index (χ1v) is 14.2. The lowest BCUT2D eigenvalue weighted by molar-refractivity contribution is -0.143. The van der Waals surface area contributed by atoms with Crippen LogP contribution in [0, 0.1) is 19.8 Å². The lowest BCUT2D eigenvalue weighted by Crippen LogP contribution is -2.19. The van der Waals surface area contributed by atoms with Crippen LogP contribution in [0.15, 0.2) is 72.0 Å². The van der Waals surface area contributed by atoms with Gasteiger partial charge in [-0.2, -0.15) is 39.5 Å². The van der Waals surface area contributed by atoms with E-state index in [1.807, 2.05) is 32.0 Å². The van der Waals surface area contributed by atoms with E-state index in [2.05, 4.69) is 10.1 Å². The first-order chi connectivity index (χ1) is 21.9. The van der Waals surface area contributed by atoms with E-state index in [-0.39, 0.29) is 29.6 Å². The number of aromatic nitrogens is 1. The molecule has 4 aromatic rings. The van der Waals surface area contributed by atoms with Gasteiger partial charge in [0.05, 0.1) is 29.5 Å². The molecule has 5 rings (SSSR count). The van der Waals surface area contributed by atoms with Crippen molar-refractivity contribution in [2.75, 3.05) is 7.11 Å². The molecular formula is C34H27F9N2O2. The van der Waals surface area contributed by atoms with Crippen LogP contribution in [0.1, 0.15) is 52.0 Å². The predicted octanol–water partition coefficient (Wildman–Crippen LogP) is 10.4. The lowest BCUT2D eigenvalue weighted by Gasteiger charge is -2.20. The van der Waals surface area contributed by atoms with Crippen LogP contribution in [0.3, 0.4) is 0 Å². The fourth-order valence-electron chi connectivity index (χ4n) is 5.63. The first kappa shape index (κ1) is 33.8. The summed E-state index contributed by atoms with van der Waals surface area (Å²) in [5.41, 5.74) is -0.0258. The smallest absolute Gasteiger partial charge is 0.416 e. The molecule has 13 heteroatoms. The number of pyridine rings is 1. The van der Waals surface area contributed by atoms with Gasteiger partial charge in [-0.15, -0.1) is 0 Å². The average molecular weight is 667 g/mol. The first-order valence-electron chi connectivity index (χ1n) is 14.2. The number of nitrogens with zero attached hydrogens (tertiary/aromatic N) is 2. The SMILES string of the molecule is COc1ncc(-c2ccc(C)cc2C)cc1-c1ccc(C(F)(F)F)cc1CC1=NO[C@H](c2cc(C(F)(F)F)cc(C(F)(F)F)c2)[C@@H]1C. The van der Waals surface area contributed by atoms with Crippen molar-refractivity contribution in [2.45, 2.75) is 51.8 Å². The molecule has 0 radical (unpaired) electrons. The summed E-state index contributed by atoms with van der Waals surface area (Å²) < 4.78 is 128. The Morgan fingerprint density at radius 1 is 0.723 bits per heavy atom. The van der Waals surface area contributed by atoms with Crippen LogP contribution in [-0.2, 0) is 29.8 Å². The van der Waals surface area contributed by atoms with Gasteiger partial charge in [-0.1, -0.05) is 41.9 Å². The third-order valence-corrected chi connectivity index (χ3v) is 8.03. The number of hydrogen-bond acceptors (Lipinski definition) is 4. The van der Waals surface area contributed by atoms with Gasteiger partial charge in [-0.3, -0.25) is 0 Å². The minimum Gasteiger partial charge on any atom is -0.481 e. The van der Waals surface area contributed by atoms with Crippen LogP contribution >= 0.6 is 0 Å². The third kappa shape index (κ3) is 7.08. The number of benzene rings is 3. The number of oxime groups is 1. The molecule has 0 bridgehead atoms. The van der Waals surface area contributed by atoms with Crippen molar-refractivity contribution in [3.63, 3.8) is 0 Å². The van der Waals surface area contributed by atoms with Crippen LogP contribution in [0.25, 0.3) is 22.3 Å². The monoisotopic (exact) mass is 666 g/mol. The van der Waals surface area contributed by atoms with Gasteiger partial charge in [0.1, 0.15) is 0 Å². The highest BCUT2D eigenvalue weighted by Crippen LogP contribution is 2.43. The summed E-state index contributed by atoms with van der Waals surface area (Å²) in [4.78, 5) is 9.75. The zero-order valence-corrected chi connectivity index (χ0v) is 25.3. The maximum Gasteiger partial charge on any atom is 0.416 e. The molecule has 0 spiro atoms. The zero-order chi connectivity index (χ0) is 34.5. The van der Waals surface area contributed by atoms with Gasteiger partial charge in [-0.25, -0.2) is 4.98 Å². The highest BCUT2D eigenvalue weighted by atomic mass is 19.4. The molecule has 0 saturated carbocycles. The Balaban J connectivity index is 1.57. The Hall–Kier alpha value is -4.55. The van der Waals surface area contributed by atoms with E-state index in [0.717, 1.165) is 28.8 Å². The second-order valence-corrected chi connectivity index (χ2v) is 11.4. The van der Waals surface area contributed by atoms with Crippen molar-refractivity contribution in [3.05, 3.63) is 106 Å². The van der Waals surface area contributed by atoms with Gasteiger partial charge in [0.2, 0.25) is 5.88 Å². The zero-order valence-electron chi connectivity index (χ0n) is 25.3. The molecule has 47 heavy (non-hydrogen) atoms. The van der Waals surface area contributed by atoms with Crippen molar-refractivity contribution in [1.29, 1.82) is 0 Å². The summed E-state index contributed by atoms with van der Waals surface area (Å²) in [7, 11) is 1.36. The van der Waals surface area contributed by atoms with Crippen molar-refractivity contribution < 1.29 is 49.1 Å². The molecule has 0 aliphatic carbocycles. The number of hydrogen-bond donors (Lipinski definition) is 0. The maximum absolute atomic E-state index is 13.9. The molecule has 3 aromatic carbocycles. The van der Waals surface area contributed by atoms with Gasteiger partial charge in [0.15, 0.2) is 6.10 Å². The second kappa shape index (κ2) is 12.2. The number of aryl methyl sites for hydroxylation is 2. The molecule has 1 aromatic heterocycles. The number of methoxy groups -OCH3 is 1. The van der Waals surface area contributed by atoms with Crippen molar-refractivity contribution >= 4 is 5.71 Å². The Morgan fingerprint density at radius 2 is 1.34 bits per heavy atom. The van der Waals surface area contributed by atoms with E-state index >= 15 is 0 Å². The minimum absolute atomic E-state index is 0.00738. The summed E-state index contributed by atoms with van der Waals surface area (Å²) in [6, 6.07) is 11.7. The summed E-state index contributed by atoms with van der Waals surface area (Å²) in [5.74, 6) is -0.776. The lowest BCUT2D eigenvalue weighted by atomic mass is 9.86. The maximum atomic E-state index is 13.9. The second-order valence-electron chi connectivity index (χ2n) is 11.4. The minimum atomic E-state index is -5.08. The molecule has 0 saturated heterocycles. The van der Waals surface area contributed by atoms with Crippen LogP contribution in [-0.4, -0.2) is 17.8 Å². The Kier molecular flexibility index (Phi) is 8.80. The topological polar surface area (TPSA) is 43.7 Å². The van der Waals surface area contributed by atoms with Crippen LogP contribution in [0.2, 0.25) is 0 Å². The number of rotatable bonds is 6. The van der Waals surface area contributed by atoms with Gasteiger partial charge in [0.25, 0.3) is 0 Å². The molecule has 2 heterocycles. The summed E-state index contributed by atoms with van der Waals surface area (Å²) in [6.45, 7) is 5.32. The van der Waals surface area contributed by atoms with E-state index in [4.69, 9.17) is 9.57 Å². The average Bonchev–Trinajstić information content (AvgIpc) is 3.34. The molecule has 1 aliphatic rings. The quantitative estimate of drug-likeness (QED) is 0.193. The summed E-state index contributed by atoms with van der Waals surface area (Å²) >= 11 is 0. The Labute approximate surface area is 263 Å². The predicted molar refractivity (Wildman–Crippen MR) is 157 cm³/mol. The van der Waals surface area contributed by atoms with Gasteiger partial charge < -0.3 is 9.57 Å². The largest absolute Gasteiger partial charge is 0.481 e. The van der Waals surface area contributed by atoms with Crippen LogP contribution in [0.4, 0.5) is 39.5 Å². The molecule has 1 aliphatic heterocycles. The van der Waals surface area contributed by atoms with E-state index in [9.17, 15) is 39.5 Å². The number of alkyl halides is 9. The molecule has 0 N–H and O–H groups in total. The van der Waals surface area contributed by atoms with Gasteiger partial charge in [0, 0.05) is 29.7 Å². The molecular weight excluding hydrogens is 639 g/mol. The van der Waals surface area contributed by atoms with E-state index in [1.165, 1.54) is 20.1 Å². The van der Waals surface area contributed by atoms with E-state index in [1.54, 1.807) is 12.3 Å². The highest BCUT2D eigenvalue weighted by molar-refractivity contribution is 5.92. The van der Waals surface area contributed by atoms with Crippen molar-refractivity contribution in [2.24, 2.45) is 11.1 Å². The van der Waals surface area contributed by atoms with E-state index in [0.29, 0.717) is 28.8 Å². The van der Waals surface area contributed by atoms with Gasteiger partial charge in [-0.05, 0) is 78.1 Å². The molecule has 0 unspecified atom stereocenters. The standard InChI is InChI=1S/C34H27F9N2O2/c1-17-5-7-26(18(2)9-17)22-13-28(31(46-4)44-16-22)27-8-6-23(32(35,36)37)10-20(27)14-29-19(3)30(47-45-29)21-11-24(33(38,39)40)15-25(12-21)34(41,42)43/h5-13,15-16,19,30H,14H2,1-4H3/t19-,30+/m1/s1. The fraction of sp³-hybridized carbons (Fsp3) is 0.294. The van der Waals surface area contributed by atoms with Gasteiger partial charge >= 0.3 is 18.5 Å². The number of halogens is 9. The highest BCUT2D eigenvalue weighted by Gasteiger charge is 2.40. The fourth-order valence-corrected chi connectivity index (χ4v) is 5.63. The van der Waals surface area contributed by atoms with Crippen molar-refractivity contribution in [3.8, 4) is 28.1 Å². The molecule has 248 valence electrons. The normalized spacial score (nSPS) is 17.0. The third-order valence-electron chi connectivity index (χ3n) is 8.03. The summed E-state index contributed by atoms with van der Waals surface area (Å²) in [6.07, 6.45) is -14.9. The Morgan fingerprint density at radius 3 is 1.91 bits per heavy atom. The summed E-state index contributed by atoms with van der Waals surface area (Å²) in [5, 5.41) is 3.93. The van der Waals surface area contributed by atoms with Crippen LogP contribution in [0.5, 0.6) is 5.88 Å². The molecule has 0 amide bonds.